The topological polar surface area (TPSA) is 26.0 Å². The molecule has 0 amide bonds. The van der Waals surface area contributed by atoms with E-state index in [-0.39, 0.29) is 5.82 Å². The lowest BCUT2D eigenvalue weighted by Gasteiger charge is -1.93. The molecule has 0 fully saturated rings. The minimum atomic E-state index is -0.299. The molecule has 0 aliphatic carbocycles. The van der Waals surface area contributed by atoms with Gasteiger partial charge in [-0.15, -0.1) is 0 Å². The lowest BCUT2D eigenvalue weighted by Crippen LogP contribution is -1.78. The number of aromatic nitrogens is 1. The molecule has 0 radical (unpaired) electrons. The summed E-state index contributed by atoms with van der Waals surface area (Å²) in [6, 6.07) is 6.10. The van der Waals surface area contributed by atoms with Crippen LogP contribution in [0, 0.1) is 5.82 Å². The number of rotatable bonds is 1. The minimum absolute atomic E-state index is 0.299. The first-order valence-electron chi connectivity index (χ1n) is 3.63. The van der Waals surface area contributed by atoms with Gasteiger partial charge >= 0.3 is 0 Å². The van der Waals surface area contributed by atoms with Crippen LogP contribution in [-0.2, 0) is 0 Å². The molecule has 0 aliphatic heterocycles. The minimum Gasteiger partial charge on any atom is -0.429 e. The van der Waals surface area contributed by atoms with E-state index in [0.717, 1.165) is 0 Å². The van der Waals surface area contributed by atoms with Crippen molar-refractivity contribution in [3.63, 3.8) is 0 Å². The summed E-state index contributed by atoms with van der Waals surface area (Å²) in [6.07, 6.45) is 1.53. The maximum Gasteiger partial charge on any atom is 0.227 e. The molecule has 1 heterocycles. The predicted molar refractivity (Wildman–Crippen MR) is 49.6 cm³/mol. The fourth-order valence-corrected chi connectivity index (χ4v) is 1.27. The largest absolute Gasteiger partial charge is 0.429 e. The third-order valence-electron chi connectivity index (χ3n) is 1.55. The van der Waals surface area contributed by atoms with Crippen LogP contribution < -0.4 is 0 Å². The van der Waals surface area contributed by atoms with Gasteiger partial charge in [-0.3, -0.25) is 0 Å². The summed E-state index contributed by atoms with van der Waals surface area (Å²) in [5.41, 5.74) is 0.630. The van der Waals surface area contributed by atoms with Crippen molar-refractivity contribution in [1.82, 2.24) is 4.98 Å². The summed E-state index contributed by atoms with van der Waals surface area (Å²) in [5, 5.41) is 0. The van der Waals surface area contributed by atoms with Gasteiger partial charge in [0.05, 0.1) is 6.20 Å². The Bertz CT molecular complexity index is 427. The van der Waals surface area contributed by atoms with Crippen LogP contribution in [0.5, 0.6) is 0 Å². The first-order valence-corrected chi connectivity index (χ1v) is 4.42. The molecule has 4 heteroatoms. The second-order valence-corrected chi connectivity index (χ2v) is 3.26. The number of benzene rings is 1. The van der Waals surface area contributed by atoms with E-state index < -0.39 is 0 Å². The highest BCUT2D eigenvalue weighted by Gasteiger charge is 2.04. The lowest BCUT2D eigenvalue weighted by molar-refractivity contribution is 0.548. The molecule has 0 saturated heterocycles. The van der Waals surface area contributed by atoms with Crippen molar-refractivity contribution in [2.24, 2.45) is 0 Å². The van der Waals surface area contributed by atoms with Gasteiger partial charge in [0.2, 0.25) is 5.89 Å². The maximum absolute atomic E-state index is 12.8. The molecule has 0 bridgehead atoms. The van der Waals surface area contributed by atoms with Crippen molar-refractivity contribution in [1.29, 1.82) is 0 Å². The van der Waals surface area contributed by atoms with Gasteiger partial charge in [0.25, 0.3) is 0 Å². The zero-order valence-corrected chi connectivity index (χ0v) is 8.08. The van der Waals surface area contributed by atoms with E-state index in [1.807, 2.05) is 0 Å². The molecule has 66 valence electrons. The molecule has 1 aromatic heterocycles. The molecule has 0 spiro atoms. The van der Waals surface area contributed by atoms with Crippen LogP contribution >= 0.6 is 15.9 Å². The average Bonchev–Trinajstić information content (AvgIpc) is 2.52. The molecule has 0 unspecified atom stereocenters. The van der Waals surface area contributed by atoms with Gasteiger partial charge in [-0.05, 0) is 34.1 Å². The molecule has 2 nitrogen and oxygen atoms in total. The Kier molecular flexibility index (Phi) is 2.14. The van der Waals surface area contributed by atoms with E-state index in [1.165, 1.54) is 18.3 Å². The first kappa shape index (κ1) is 8.44. The van der Waals surface area contributed by atoms with E-state index in [2.05, 4.69) is 20.9 Å². The standard InChI is InChI=1S/C9H5BrFNO/c10-8-5-12-9(13-8)6-2-1-3-7(11)4-6/h1-5H. The van der Waals surface area contributed by atoms with E-state index >= 15 is 0 Å². The highest BCUT2D eigenvalue weighted by molar-refractivity contribution is 9.10. The van der Waals surface area contributed by atoms with Crippen LogP contribution in [-0.4, -0.2) is 4.98 Å². The van der Waals surface area contributed by atoms with Gasteiger partial charge in [0.15, 0.2) is 4.67 Å². The fourth-order valence-electron chi connectivity index (χ4n) is 1.01. The van der Waals surface area contributed by atoms with Gasteiger partial charge in [-0.1, -0.05) is 6.07 Å². The maximum atomic E-state index is 12.8. The average molecular weight is 242 g/mol. The normalized spacial score (nSPS) is 10.3. The predicted octanol–water partition coefficient (Wildman–Crippen LogP) is 3.24. The summed E-state index contributed by atoms with van der Waals surface area (Å²) in [7, 11) is 0. The molecule has 0 saturated carbocycles. The zero-order chi connectivity index (χ0) is 9.26. The Labute approximate surface area is 82.5 Å². The quantitative estimate of drug-likeness (QED) is 0.767. The first-order chi connectivity index (χ1) is 6.25. The molecule has 1 aromatic carbocycles. The highest BCUT2D eigenvalue weighted by atomic mass is 79.9. The van der Waals surface area contributed by atoms with Crippen LogP contribution in [0.25, 0.3) is 11.5 Å². The van der Waals surface area contributed by atoms with Gasteiger partial charge in [0, 0.05) is 5.56 Å². The molecule has 2 rings (SSSR count). The summed E-state index contributed by atoms with van der Waals surface area (Å²) in [6.45, 7) is 0. The van der Waals surface area contributed by atoms with E-state index in [1.54, 1.807) is 12.1 Å². The van der Waals surface area contributed by atoms with E-state index in [0.29, 0.717) is 16.1 Å². The fraction of sp³-hybridized carbons (Fsp3) is 0. The molecule has 0 aliphatic rings. The van der Waals surface area contributed by atoms with Gasteiger partial charge in [0.1, 0.15) is 5.82 Å². The van der Waals surface area contributed by atoms with Crippen molar-refractivity contribution in [2.45, 2.75) is 0 Å². The molecular weight excluding hydrogens is 237 g/mol. The molecule has 0 N–H and O–H groups in total. The number of hydrogen-bond acceptors (Lipinski definition) is 2. The van der Waals surface area contributed by atoms with Crippen LogP contribution in [0.1, 0.15) is 0 Å². The second kappa shape index (κ2) is 3.30. The lowest BCUT2D eigenvalue weighted by atomic mass is 10.2. The summed E-state index contributed by atoms with van der Waals surface area (Å²) in [4.78, 5) is 3.95. The molecule has 0 atom stereocenters. The second-order valence-electron chi connectivity index (χ2n) is 2.48. The van der Waals surface area contributed by atoms with Crippen LogP contribution in [0.2, 0.25) is 0 Å². The highest BCUT2D eigenvalue weighted by Crippen LogP contribution is 2.22. The van der Waals surface area contributed by atoms with Gasteiger partial charge in [-0.25, -0.2) is 9.37 Å². The number of halogens is 2. The Balaban J connectivity index is 2.46. The van der Waals surface area contributed by atoms with Crippen LogP contribution in [0.15, 0.2) is 39.5 Å². The van der Waals surface area contributed by atoms with Crippen molar-refractivity contribution >= 4 is 15.9 Å². The van der Waals surface area contributed by atoms with Crippen LogP contribution in [0.4, 0.5) is 4.39 Å². The third-order valence-corrected chi connectivity index (χ3v) is 1.92. The molecule has 2 aromatic rings. The third kappa shape index (κ3) is 1.78. The zero-order valence-electron chi connectivity index (χ0n) is 6.50. The summed E-state index contributed by atoms with van der Waals surface area (Å²) in [5.74, 6) is 0.109. The number of nitrogens with zero attached hydrogens (tertiary/aromatic N) is 1. The van der Waals surface area contributed by atoms with Crippen molar-refractivity contribution < 1.29 is 8.81 Å². The molecule has 13 heavy (non-hydrogen) atoms. The SMILES string of the molecule is Fc1cccc(-c2ncc(Br)o2)c1. The molecular formula is C9H5BrFNO. The number of hydrogen-bond donors (Lipinski definition) is 0. The van der Waals surface area contributed by atoms with Crippen molar-refractivity contribution in [2.75, 3.05) is 0 Å². The van der Waals surface area contributed by atoms with Crippen LogP contribution in [0.3, 0.4) is 0 Å². The monoisotopic (exact) mass is 241 g/mol. The Hall–Kier alpha value is -1.16. The Morgan fingerprint density at radius 3 is 2.85 bits per heavy atom. The van der Waals surface area contributed by atoms with Crippen molar-refractivity contribution in [3.05, 3.63) is 40.9 Å². The van der Waals surface area contributed by atoms with Gasteiger partial charge in [-0.2, -0.15) is 0 Å². The van der Waals surface area contributed by atoms with E-state index in [4.69, 9.17) is 4.42 Å². The number of oxazole rings is 1. The van der Waals surface area contributed by atoms with E-state index in [9.17, 15) is 4.39 Å². The Morgan fingerprint density at radius 2 is 2.23 bits per heavy atom. The van der Waals surface area contributed by atoms with Gasteiger partial charge < -0.3 is 4.42 Å². The summed E-state index contributed by atoms with van der Waals surface area (Å²) < 4.78 is 18.5. The summed E-state index contributed by atoms with van der Waals surface area (Å²) >= 11 is 3.13. The smallest absolute Gasteiger partial charge is 0.227 e. The van der Waals surface area contributed by atoms with Crippen molar-refractivity contribution in [3.8, 4) is 11.5 Å². The Morgan fingerprint density at radius 1 is 1.38 bits per heavy atom.